The van der Waals surface area contributed by atoms with E-state index in [1.165, 1.54) is 18.9 Å². The minimum Gasteiger partial charge on any atom is -0.325 e. The molecule has 1 atom stereocenters. The van der Waals surface area contributed by atoms with E-state index in [0.717, 1.165) is 24.3 Å². The van der Waals surface area contributed by atoms with Gasteiger partial charge in [0, 0.05) is 18.5 Å². The van der Waals surface area contributed by atoms with E-state index in [0.29, 0.717) is 17.6 Å². The zero-order valence-electron chi connectivity index (χ0n) is 11.5. The van der Waals surface area contributed by atoms with Gasteiger partial charge in [-0.2, -0.15) is 0 Å². The number of aromatic nitrogens is 2. The molecule has 0 saturated carbocycles. The largest absolute Gasteiger partial charge is 0.325 e. The van der Waals surface area contributed by atoms with Crippen molar-refractivity contribution < 1.29 is 4.39 Å². The van der Waals surface area contributed by atoms with Gasteiger partial charge in [-0.15, -0.1) is 0 Å². The highest BCUT2D eigenvalue weighted by molar-refractivity contribution is 5.76. The Kier molecular flexibility index (Phi) is 3.27. The molecule has 2 heterocycles. The average molecular weight is 261 g/mol. The van der Waals surface area contributed by atoms with Gasteiger partial charge in [0.25, 0.3) is 0 Å². The second-order valence-electron chi connectivity index (χ2n) is 5.60. The number of nitrogens with zero attached hydrogens (tertiary/aromatic N) is 2. The van der Waals surface area contributed by atoms with Gasteiger partial charge in [-0.1, -0.05) is 6.07 Å². The number of rotatable bonds is 3. The fourth-order valence-electron chi connectivity index (χ4n) is 3.00. The van der Waals surface area contributed by atoms with Crippen LogP contribution in [0.15, 0.2) is 18.2 Å². The predicted octanol–water partition coefficient (Wildman–Crippen LogP) is 3.05. The minimum atomic E-state index is -0.225. The fraction of sp³-hybridized carbons (Fsp3) is 0.533. The van der Waals surface area contributed by atoms with Gasteiger partial charge in [-0.3, -0.25) is 0 Å². The highest BCUT2D eigenvalue weighted by Crippen LogP contribution is 2.24. The molecule has 102 valence electrons. The number of para-hydroxylation sites is 1. The van der Waals surface area contributed by atoms with Crippen LogP contribution in [0.2, 0.25) is 0 Å². The molecule has 1 unspecified atom stereocenters. The molecule has 0 spiro atoms. The number of halogens is 1. The molecule has 0 bridgehead atoms. The molecule has 1 aromatic heterocycles. The first-order chi connectivity index (χ1) is 9.16. The quantitative estimate of drug-likeness (QED) is 0.920. The maximum absolute atomic E-state index is 13.9. The zero-order valence-corrected chi connectivity index (χ0v) is 11.5. The number of benzene rings is 1. The molecule has 3 nitrogen and oxygen atoms in total. The summed E-state index contributed by atoms with van der Waals surface area (Å²) < 4.78 is 16.0. The first-order valence-electron chi connectivity index (χ1n) is 7.05. The Labute approximate surface area is 112 Å². The van der Waals surface area contributed by atoms with Gasteiger partial charge in [0.2, 0.25) is 0 Å². The molecule has 1 saturated heterocycles. The normalized spacial score (nSPS) is 19.7. The lowest BCUT2D eigenvalue weighted by atomic mass is 10.1. The predicted molar refractivity (Wildman–Crippen MR) is 74.8 cm³/mol. The number of hydrogen-bond donors (Lipinski definition) is 1. The van der Waals surface area contributed by atoms with Crippen LogP contribution in [0.5, 0.6) is 0 Å². The Morgan fingerprint density at radius 2 is 2.32 bits per heavy atom. The molecule has 2 aromatic rings. The highest BCUT2D eigenvalue weighted by atomic mass is 19.1. The van der Waals surface area contributed by atoms with E-state index in [4.69, 9.17) is 0 Å². The Balaban J connectivity index is 2.06. The highest BCUT2D eigenvalue weighted by Gasteiger charge is 2.21. The summed E-state index contributed by atoms with van der Waals surface area (Å²) in [5.74, 6) is 0.770. The summed E-state index contributed by atoms with van der Waals surface area (Å²) >= 11 is 0. The van der Waals surface area contributed by atoms with Crippen molar-refractivity contribution in [3.05, 3.63) is 29.8 Å². The number of nitrogens with one attached hydrogen (secondary N) is 1. The van der Waals surface area contributed by atoms with Crippen molar-refractivity contribution in [3.8, 4) is 0 Å². The smallest absolute Gasteiger partial charge is 0.151 e. The second-order valence-corrected chi connectivity index (χ2v) is 5.60. The van der Waals surface area contributed by atoms with Crippen molar-refractivity contribution in [3.63, 3.8) is 0 Å². The van der Waals surface area contributed by atoms with Crippen molar-refractivity contribution in [1.29, 1.82) is 0 Å². The number of imidazole rings is 1. The van der Waals surface area contributed by atoms with Gasteiger partial charge in [0.1, 0.15) is 11.3 Å². The van der Waals surface area contributed by atoms with E-state index in [9.17, 15) is 4.39 Å². The maximum atomic E-state index is 13.9. The molecule has 1 aromatic carbocycles. The van der Waals surface area contributed by atoms with Crippen LogP contribution in [0.3, 0.4) is 0 Å². The molecule has 1 aliphatic rings. The van der Waals surface area contributed by atoms with E-state index >= 15 is 0 Å². The molecule has 0 amide bonds. The van der Waals surface area contributed by atoms with E-state index in [1.54, 1.807) is 6.07 Å². The first kappa shape index (κ1) is 12.6. The van der Waals surface area contributed by atoms with Crippen LogP contribution in [0, 0.1) is 5.82 Å². The Bertz CT molecular complexity index is 582. The average Bonchev–Trinajstić information content (AvgIpc) is 2.97. The van der Waals surface area contributed by atoms with Crippen molar-refractivity contribution in [1.82, 2.24) is 14.9 Å². The molecule has 3 rings (SSSR count). The Hall–Kier alpha value is -1.42. The molecule has 0 aliphatic carbocycles. The van der Waals surface area contributed by atoms with Gasteiger partial charge in [-0.05, 0) is 45.4 Å². The van der Waals surface area contributed by atoms with Crippen LogP contribution < -0.4 is 5.32 Å². The minimum absolute atomic E-state index is 0.225. The van der Waals surface area contributed by atoms with E-state index < -0.39 is 0 Å². The number of hydrogen-bond acceptors (Lipinski definition) is 2. The SMILES string of the molecule is CC(C)n1c(CC2CCCN2)nc2c(F)cccc21. The van der Waals surface area contributed by atoms with Crippen LogP contribution in [0.1, 0.15) is 38.6 Å². The molecule has 0 radical (unpaired) electrons. The van der Waals surface area contributed by atoms with Gasteiger partial charge < -0.3 is 9.88 Å². The van der Waals surface area contributed by atoms with Crippen LogP contribution in [0.25, 0.3) is 11.0 Å². The summed E-state index contributed by atoms with van der Waals surface area (Å²) in [5.41, 5.74) is 1.41. The summed E-state index contributed by atoms with van der Waals surface area (Å²) in [6, 6.07) is 5.98. The molecular formula is C15H20FN3. The standard InChI is InChI=1S/C15H20FN3/c1-10(2)19-13-7-3-6-12(16)15(13)18-14(19)9-11-5-4-8-17-11/h3,6-7,10-11,17H,4-5,8-9H2,1-2H3. The van der Waals surface area contributed by atoms with Crippen molar-refractivity contribution in [2.24, 2.45) is 0 Å². The fourth-order valence-corrected chi connectivity index (χ4v) is 3.00. The molecular weight excluding hydrogens is 241 g/mol. The van der Waals surface area contributed by atoms with Crippen molar-refractivity contribution in [2.45, 2.75) is 45.2 Å². The lowest BCUT2D eigenvalue weighted by Gasteiger charge is -2.15. The molecule has 4 heteroatoms. The summed E-state index contributed by atoms with van der Waals surface area (Å²) in [6.07, 6.45) is 3.29. The zero-order chi connectivity index (χ0) is 13.4. The van der Waals surface area contributed by atoms with Crippen molar-refractivity contribution in [2.75, 3.05) is 6.54 Å². The molecule has 1 aliphatic heterocycles. The van der Waals surface area contributed by atoms with E-state index in [2.05, 4.69) is 28.7 Å². The summed E-state index contributed by atoms with van der Waals surface area (Å²) in [7, 11) is 0. The van der Waals surface area contributed by atoms with Crippen LogP contribution in [-0.2, 0) is 6.42 Å². The van der Waals surface area contributed by atoms with Gasteiger partial charge in [0.15, 0.2) is 5.82 Å². The summed E-state index contributed by atoms with van der Waals surface area (Å²) in [5, 5.41) is 3.48. The topological polar surface area (TPSA) is 29.9 Å². The van der Waals surface area contributed by atoms with Crippen LogP contribution in [-0.4, -0.2) is 22.1 Å². The third-order valence-corrected chi connectivity index (χ3v) is 3.85. The third kappa shape index (κ3) is 2.25. The first-order valence-corrected chi connectivity index (χ1v) is 7.05. The maximum Gasteiger partial charge on any atom is 0.151 e. The van der Waals surface area contributed by atoms with Crippen molar-refractivity contribution >= 4 is 11.0 Å². The lowest BCUT2D eigenvalue weighted by Crippen LogP contribution is -2.25. The van der Waals surface area contributed by atoms with Crippen LogP contribution >= 0.6 is 0 Å². The van der Waals surface area contributed by atoms with Gasteiger partial charge >= 0.3 is 0 Å². The number of fused-ring (bicyclic) bond motifs is 1. The lowest BCUT2D eigenvalue weighted by molar-refractivity contribution is 0.530. The van der Waals surface area contributed by atoms with Gasteiger partial charge in [0.05, 0.1) is 5.52 Å². The Morgan fingerprint density at radius 1 is 1.47 bits per heavy atom. The third-order valence-electron chi connectivity index (χ3n) is 3.85. The van der Waals surface area contributed by atoms with Gasteiger partial charge in [-0.25, -0.2) is 9.37 Å². The Morgan fingerprint density at radius 3 is 3.00 bits per heavy atom. The molecule has 19 heavy (non-hydrogen) atoms. The monoisotopic (exact) mass is 261 g/mol. The molecule has 1 N–H and O–H groups in total. The van der Waals surface area contributed by atoms with Crippen LogP contribution in [0.4, 0.5) is 4.39 Å². The summed E-state index contributed by atoms with van der Waals surface area (Å²) in [6.45, 7) is 5.33. The summed E-state index contributed by atoms with van der Waals surface area (Å²) in [4.78, 5) is 4.54. The molecule has 1 fully saturated rings. The van der Waals surface area contributed by atoms with E-state index in [-0.39, 0.29) is 5.82 Å². The second kappa shape index (κ2) is 4.93. The van der Waals surface area contributed by atoms with E-state index in [1.807, 2.05) is 6.07 Å².